The van der Waals surface area contributed by atoms with E-state index in [1.165, 1.54) is 29.2 Å². The van der Waals surface area contributed by atoms with Crippen molar-refractivity contribution in [3.05, 3.63) is 45.1 Å². The van der Waals surface area contributed by atoms with Crippen molar-refractivity contribution in [1.82, 2.24) is 10.6 Å². The summed E-state index contributed by atoms with van der Waals surface area (Å²) in [6.45, 7) is 3.15. The minimum absolute atomic E-state index is 0.161. The fourth-order valence-corrected chi connectivity index (χ4v) is 4.30. The Hall–Kier alpha value is -3.29. The first-order chi connectivity index (χ1) is 17.5. The van der Waals surface area contributed by atoms with Crippen LogP contribution < -0.4 is 20.9 Å². The molecule has 3 N–H and O–H groups in total. The van der Waals surface area contributed by atoms with Crippen molar-refractivity contribution in [3.63, 3.8) is 0 Å². The summed E-state index contributed by atoms with van der Waals surface area (Å²) in [6, 6.07) is 5.44. The standard InChI is InChI=1S/C23H25ClF2N4O6S/c1-12(2)36-23(34)29-16(10-27-22(33)17-5-6-18(24)37-17)21(32)28-15-4-3-13(9-14(15)20(25)26)30-7-8-35-11-19(30)31/h3-6,9,12,16,20H,7-8,10-11H2,1-2H3,(H,27,33)(H,28,32)(H,29,34)/t16-/m1/s1. The molecule has 0 spiro atoms. The number of carbonyl (C=O) groups is 4. The molecule has 0 unspecified atom stereocenters. The van der Waals surface area contributed by atoms with E-state index >= 15 is 0 Å². The number of hydrogen-bond acceptors (Lipinski definition) is 7. The van der Waals surface area contributed by atoms with Gasteiger partial charge in [0.2, 0.25) is 5.91 Å². The molecule has 1 atom stereocenters. The van der Waals surface area contributed by atoms with E-state index in [-0.39, 0.29) is 48.5 Å². The van der Waals surface area contributed by atoms with E-state index in [2.05, 4.69) is 16.0 Å². The summed E-state index contributed by atoms with van der Waals surface area (Å²) in [4.78, 5) is 51.3. The Morgan fingerprint density at radius 2 is 1.97 bits per heavy atom. The number of hydrogen-bond donors (Lipinski definition) is 3. The predicted octanol–water partition coefficient (Wildman–Crippen LogP) is 3.57. The van der Waals surface area contributed by atoms with Gasteiger partial charge in [0.1, 0.15) is 12.6 Å². The van der Waals surface area contributed by atoms with E-state index in [0.29, 0.717) is 4.34 Å². The third-order valence-corrected chi connectivity index (χ3v) is 6.27. The lowest BCUT2D eigenvalue weighted by Crippen LogP contribution is -2.51. The SMILES string of the molecule is CC(C)OC(=O)N[C@H](CNC(=O)c1ccc(Cl)s1)C(=O)Nc1ccc(N2CCOCC2=O)cc1C(F)F. The van der Waals surface area contributed by atoms with Gasteiger partial charge in [-0.3, -0.25) is 14.4 Å². The molecule has 1 aromatic carbocycles. The van der Waals surface area contributed by atoms with Gasteiger partial charge in [0.15, 0.2) is 0 Å². The van der Waals surface area contributed by atoms with Crippen LogP contribution in [0.5, 0.6) is 0 Å². The molecule has 1 saturated heterocycles. The summed E-state index contributed by atoms with van der Waals surface area (Å²) in [7, 11) is 0. The Morgan fingerprint density at radius 3 is 2.59 bits per heavy atom. The maximum Gasteiger partial charge on any atom is 0.408 e. The number of benzene rings is 1. The van der Waals surface area contributed by atoms with Gasteiger partial charge in [-0.1, -0.05) is 11.6 Å². The van der Waals surface area contributed by atoms with Crippen molar-refractivity contribution in [2.75, 3.05) is 36.5 Å². The van der Waals surface area contributed by atoms with Gasteiger partial charge in [0.25, 0.3) is 18.2 Å². The van der Waals surface area contributed by atoms with E-state index in [0.717, 1.165) is 17.4 Å². The van der Waals surface area contributed by atoms with Gasteiger partial charge in [0, 0.05) is 30.0 Å². The van der Waals surface area contributed by atoms with E-state index in [1.807, 2.05) is 0 Å². The lowest BCUT2D eigenvalue weighted by Gasteiger charge is -2.28. The molecule has 37 heavy (non-hydrogen) atoms. The van der Waals surface area contributed by atoms with Crippen molar-refractivity contribution in [2.45, 2.75) is 32.4 Å². The van der Waals surface area contributed by atoms with E-state index in [9.17, 15) is 28.0 Å². The number of alkyl halides is 2. The number of anilines is 2. The second-order valence-corrected chi connectivity index (χ2v) is 9.84. The van der Waals surface area contributed by atoms with Crippen LogP contribution in [0.25, 0.3) is 0 Å². The molecule has 1 aromatic heterocycles. The molecule has 2 aromatic rings. The van der Waals surface area contributed by atoms with Gasteiger partial charge in [-0.2, -0.15) is 0 Å². The van der Waals surface area contributed by atoms with Crippen LogP contribution in [-0.2, 0) is 19.1 Å². The van der Waals surface area contributed by atoms with Crippen LogP contribution in [-0.4, -0.2) is 62.3 Å². The van der Waals surface area contributed by atoms with Gasteiger partial charge in [-0.15, -0.1) is 11.3 Å². The van der Waals surface area contributed by atoms with Crippen LogP contribution in [0.15, 0.2) is 30.3 Å². The first-order valence-corrected chi connectivity index (χ1v) is 12.4. The summed E-state index contributed by atoms with van der Waals surface area (Å²) < 4.78 is 38.2. The second-order valence-electron chi connectivity index (χ2n) is 8.12. The summed E-state index contributed by atoms with van der Waals surface area (Å²) in [5.74, 6) is -1.79. The number of amides is 4. The zero-order chi connectivity index (χ0) is 27.1. The number of ether oxygens (including phenoxy) is 2. The highest BCUT2D eigenvalue weighted by atomic mass is 35.5. The Bertz CT molecular complexity index is 1160. The lowest BCUT2D eigenvalue weighted by molar-refractivity contribution is -0.125. The average Bonchev–Trinajstić information content (AvgIpc) is 3.28. The van der Waals surface area contributed by atoms with Crippen LogP contribution in [0.2, 0.25) is 4.34 Å². The number of thiophene rings is 1. The molecule has 0 saturated carbocycles. The van der Waals surface area contributed by atoms with Crippen LogP contribution in [0.3, 0.4) is 0 Å². The molecule has 200 valence electrons. The van der Waals surface area contributed by atoms with Crippen molar-refractivity contribution >= 4 is 58.1 Å². The first-order valence-electron chi connectivity index (χ1n) is 11.2. The third kappa shape index (κ3) is 7.84. The predicted molar refractivity (Wildman–Crippen MR) is 133 cm³/mol. The highest BCUT2D eigenvalue weighted by molar-refractivity contribution is 7.18. The normalized spacial score (nSPS) is 14.5. The molecule has 2 heterocycles. The monoisotopic (exact) mass is 558 g/mol. The van der Waals surface area contributed by atoms with E-state index < -0.39 is 42.0 Å². The number of morpholine rings is 1. The van der Waals surface area contributed by atoms with Crippen LogP contribution in [0, 0.1) is 0 Å². The highest BCUT2D eigenvalue weighted by Gasteiger charge is 2.27. The molecule has 0 radical (unpaired) electrons. The fraction of sp³-hybridized carbons (Fsp3) is 0.391. The fourth-order valence-electron chi connectivity index (χ4n) is 3.34. The molecule has 3 rings (SSSR count). The zero-order valence-corrected chi connectivity index (χ0v) is 21.5. The molecule has 0 aliphatic carbocycles. The van der Waals surface area contributed by atoms with E-state index in [4.69, 9.17) is 21.1 Å². The van der Waals surface area contributed by atoms with Crippen molar-refractivity contribution in [1.29, 1.82) is 0 Å². The van der Waals surface area contributed by atoms with Gasteiger partial charge in [-0.25, -0.2) is 13.6 Å². The van der Waals surface area contributed by atoms with Crippen LogP contribution in [0.4, 0.5) is 25.0 Å². The molecule has 1 aliphatic heterocycles. The molecule has 1 aliphatic rings. The van der Waals surface area contributed by atoms with Crippen LogP contribution >= 0.6 is 22.9 Å². The van der Waals surface area contributed by atoms with Crippen molar-refractivity contribution < 1.29 is 37.4 Å². The topological polar surface area (TPSA) is 126 Å². The number of carbonyl (C=O) groups excluding carboxylic acids is 4. The van der Waals surface area contributed by atoms with Crippen LogP contribution in [0.1, 0.15) is 35.5 Å². The smallest absolute Gasteiger partial charge is 0.408 e. The van der Waals surface area contributed by atoms with Crippen molar-refractivity contribution in [3.8, 4) is 0 Å². The molecular weight excluding hydrogens is 534 g/mol. The Morgan fingerprint density at radius 1 is 1.22 bits per heavy atom. The quantitative estimate of drug-likeness (QED) is 0.432. The van der Waals surface area contributed by atoms with Gasteiger partial charge in [0.05, 0.1) is 21.9 Å². The minimum Gasteiger partial charge on any atom is -0.447 e. The van der Waals surface area contributed by atoms with Gasteiger partial charge >= 0.3 is 6.09 Å². The Labute approximate surface area is 220 Å². The average molecular weight is 559 g/mol. The number of halogens is 3. The zero-order valence-electron chi connectivity index (χ0n) is 19.9. The number of rotatable bonds is 9. The summed E-state index contributed by atoms with van der Waals surface area (Å²) >= 11 is 6.87. The third-order valence-electron chi connectivity index (χ3n) is 5.04. The molecule has 0 bridgehead atoms. The maximum atomic E-state index is 13.9. The lowest BCUT2D eigenvalue weighted by atomic mass is 10.1. The second kappa shape index (κ2) is 12.8. The number of nitrogens with zero attached hydrogens (tertiary/aromatic N) is 1. The maximum absolute atomic E-state index is 13.9. The van der Waals surface area contributed by atoms with Gasteiger partial charge in [-0.05, 0) is 44.2 Å². The highest BCUT2D eigenvalue weighted by Crippen LogP contribution is 2.32. The number of alkyl carbamates (subject to hydrolysis) is 1. The summed E-state index contributed by atoms with van der Waals surface area (Å²) in [5, 5.41) is 7.22. The molecular formula is C23H25ClF2N4O6S. The first kappa shape index (κ1) is 28.3. The molecule has 4 amide bonds. The molecule has 10 nitrogen and oxygen atoms in total. The number of nitrogens with one attached hydrogen (secondary N) is 3. The minimum atomic E-state index is -2.98. The molecule has 1 fully saturated rings. The Balaban J connectivity index is 1.78. The Kier molecular flexibility index (Phi) is 9.78. The summed E-state index contributed by atoms with van der Waals surface area (Å²) in [6.07, 6.45) is -4.40. The van der Waals surface area contributed by atoms with E-state index in [1.54, 1.807) is 13.8 Å². The van der Waals surface area contributed by atoms with Crippen molar-refractivity contribution in [2.24, 2.45) is 0 Å². The summed E-state index contributed by atoms with van der Waals surface area (Å²) in [5.41, 5.74) is -0.505. The largest absolute Gasteiger partial charge is 0.447 e. The molecule has 14 heteroatoms. The van der Waals surface area contributed by atoms with Gasteiger partial charge < -0.3 is 30.3 Å².